The number of primary amides is 1. The second-order valence-corrected chi connectivity index (χ2v) is 3.78. The van der Waals surface area contributed by atoms with Gasteiger partial charge in [0.2, 0.25) is 5.91 Å². The molecule has 2 rings (SSSR count). The normalized spacial score (nSPS) is 10.2. The molecule has 0 aliphatic carbocycles. The first kappa shape index (κ1) is 12.6. The molecule has 8 heteroatoms. The van der Waals surface area contributed by atoms with Crippen molar-refractivity contribution >= 4 is 17.5 Å². The monoisotopic (exact) mass is 263 g/mol. The van der Waals surface area contributed by atoms with Gasteiger partial charge in [-0.1, -0.05) is 4.68 Å². The summed E-state index contributed by atoms with van der Waals surface area (Å²) in [4.78, 5) is 34.0. The summed E-state index contributed by atoms with van der Waals surface area (Å²) in [6, 6.07) is 5.95. The number of aromatic amines is 1. The zero-order valence-corrected chi connectivity index (χ0v) is 9.97. The topological polar surface area (TPSA) is 122 Å². The number of anilines is 1. The molecule has 0 unspecified atom stereocenters. The third-order valence-corrected chi connectivity index (χ3v) is 2.45. The molecule has 0 spiro atoms. The van der Waals surface area contributed by atoms with Crippen LogP contribution in [0.2, 0.25) is 0 Å². The Kier molecular flexibility index (Phi) is 3.15. The first-order chi connectivity index (χ1) is 8.99. The molecule has 4 N–H and O–H groups in total. The number of nitrogens with two attached hydrogens (primary N) is 1. The largest absolute Gasteiger partial charge is 0.440 e. The van der Waals surface area contributed by atoms with Crippen LogP contribution in [0.1, 0.15) is 20.8 Å². The van der Waals surface area contributed by atoms with E-state index in [0.29, 0.717) is 11.3 Å². The van der Waals surface area contributed by atoms with Crippen LogP contribution in [-0.4, -0.2) is 17.1 Å². The highest BCUT2D eigenvalue weighted by Gasteiger charge is 2.26. The molecule has 8 nitrogen and oxygen atoms in total. The van der Waals surface area contributed by atoms with Crippen molar-refractivity contribution in [3.05, 3.63) is 45.9 Å². The number of H-pyrrole nitrogens is 1. The number of aryl methyl sites for hydroxylation is 1. The predicted octanol–water partition coefficient (Wildman–Crippen LogP) is -0.856. The van der Waals surface area contributed by atoms with E-state index in [9.17, 15) is 14.4 Å². The van der Waals surface area contributed by atoms with Gasteiger partial charge in [-0.2, -0.15) is 0 Å². The van der Waals surface area contributed by atoms with Crippen LogP contribution in [0.25, 0.3) is 0 Å². The molecule has 0 atom stereocenters. The second-order valence-electron chi connectivity index (χ2n) is 3.78. The lowest BCUT2D eigenvalue weighted by Crippen LogP contribution is -2.41. The molecule has 1 aromatic carbocycles. The highest BCUT2D eigenvalue weighted by atomic mass is 16.5. The van der Waals surface area contributed by atoms with Crippen molar-refractivity contribution in [2.45, 2.75) is 0 Å². The lowest BCUT2D eigenvalue weighted by atomic mass is 10.2. The standard InChI is InChI=1S/C11H10N4O4/c1-15-8(11(18)19-14-15)10(17)13-7-4-2-6(3-5-7)9(12)16/h2-5H,1H3,(H3-,12,13,14,16,17,18)/p+1. The second kappa shape index (κ2) is 4.77. The minimum atomic E-state index is -0.770. The molecule has 0 saturated carbocycles. The average Bonchev–Trinajstić information content (AvgIpc) is 2.69. The summed E-state index contributed by atoms with van der Waals surface area (Å²) < 4.78 is 5.63. The summed E-state index contributed by atoms with van der Waals surface area (Å²) in [5.74, 6) is -1.18. The third kappa shape index (κ3) is 2.51. The highest BCUT2D eigenvalue weighted by molar-refractivity contribution is 6.01. The Bertz CT molecular complexity index is 683. The van der Waals surface area contributed by atoms with Gasteiger partial charge in [0.15, 0.2) is 7.05 Å². The van der Waals surface area contributed by atoms with Crippen molar-refractivity contribution in [3.8, 4) is 0 Å². The predicted molar refractivity (Wildman–Crippen MR) is 63.4 cm³/mol. The van der Waals surface area contributed by atoms with E-state index in [-0.39, 0.29) is 5.69 Å². The van der Waals surface area contributed by atoms with Gasteiger partial charge in [0.1, 0.15) is 0 Å². The van der Waals surface area contributed by atoms with Crippen molar-refractivity contribution in [1.29, 1.82) is 0 Å². The zero-order chi connectivity index (χ0) is 14.0. The van der Waals surface area contributed by atoms with Crippen molar-refractivity contribution in [3.63, 3.8) is 0 Å². The van der Waals surface area contributed by atoms with Gasteiger partial charge >= 0.3 is 17.2 Å². The number of nitrogens with zero attached hydrogens (tertiary/aromatic N) is 1. The van der Waals surface area contributed by atoms with E-state index in [2.05, 4.69) is 15.1 Å². The summed E-state index contributed by atoms with van der Waals surface area (Å²) in [7, 11) is 1.47. The number of nitrogens with one attached hydrogen (secondary N) is 2. The Morgan fingerprint density at radius 2 is 1.95 bits per heavy atom. The van der Waals surface area contributed by atoms with E-state index in [4.69, 9.17) is 5.73 Å². The van der Waals surface area contributed by atoms with Crippen molar-refractivity contribution in [2.24, 2.45) is 12.8 Å². The van der Waals surface area contributed by atoms with Crippen LogP contribution in [-0.2, 0) is 7.05 Å². The van der Waals surface area contributed by atoms with Crippen molar-refractivity contribution in [2.75, 3.05) is 5.32 Å². The minimum Gasteiger partial charge on any atom is -0.366 e. The molecular weight excluding hydrogens is 252 g/mol. The quantitative estimate of drug-likeness (QED) is 0.624. The molecule has 2 aromatic rings. The molecular formula is C11H11N4O4+. The van der Waals surface area contributed by atoms with Crippen molar-refractivity contribution < 1.29 is 18.8 Å². The molecule has 2 amide bonds. The van der Waals surface area contributed by atoms with Crippen LogP contribution in [0.5, 0.6) is 0 Å². The Balaban J connectivity index is 2.20. The van der Waals surface area contributed by atoms with E-state index in [1.807, 2.05) is 0 Å². The SMILES string of the molecule is C[n+]1[nH]oc(=O)c1C(=O)Nc1ccc(C(N)=O)cc1. The number of carbonyl (C=O) groups is 2. The Morgan fingerprint density at radius 3 is 2.42 bits per heavy atom. The van der Waals surface area contributed by atoms with E-state index in [1.54, 1.807) is 0 Å². The van der Waals surface area contributed by atoms with E-state index in [0.717, 1.165) is 4.68 Å². The molecule has 0 aliphatic rings. The van der Waals surface area contributed by atoms with E-state index in [1.165, 1.54) is 31.3 Å². The van der Waals surface area contributed by atoms with Crippen LogP contribution < -0.4 is 21.4 Å². The Labute approximate surface area is 106 Å². The third-order valence-electron chi connectivity index (χ3n) is 2.45. The lowest BCUT2D eigenvalue weighted by molar-refractivity contribution is -0.741. The highest BCUT2D eigenvalue weighted by Crippen LogP contribution is 2.09. The van der Waals surface area contributed by atoms with Gasteiger partial charge in [0.25, 0.3) is 0 Å². The van der Waals surface area contributed by atoms with Gasteiger partial charge in [-0.15, -0.1) is 0 Å². The number of hydrogen-bond donors (Lipinski definition) is 3. The number of rotatable bonds is 3. The van der Waals surface area contributed by atoms with Crippen LogP contribution in [0, 0.1) is 0 Å². The first-order valence-electron chi connectivity index (χ1n) is 5.28. The Morgan fingerprint density at radius 1 is 1.32 bits per heavy atom. The van der Waals surface area contributed by atoms with Crippen LogP contribution in [0.3, 0.4) is 0 Å². The fourth-order valence-electron chi connectivity index (χ4n) is 1.49. The van der Waals surface area contributed by atoms with E-state index < -0.39 is 17.4 Å². The maximum absolute atomic E-state index is 11.8. The fourth-order valence-corrected chi connectivity index (χ4v) is 1.49. The maximum Gasteiger partial charge on any atom is 0.440 e. The summed E-state index contributed by atoms with van der Waals surface area (Å²) in [6.45, 7) is 0. The summed E-state index contributed by atoms with van der Waals surface area (Å²) in [5.41, 5.74) is 4.91. The summed E-state index contributed by atoms with van der Waals surface area (Å²) in [5, 5.41) is 4.74. The van der Waals surface area contributed by atoms with Gasteiger partial charge in [-0.25, -0.2) is 4.79 Å². The van der Waals surface area contributed by atoms with Gasteiger partial charge in [-0.05, 0) is 29.5 Å². The molecule has 1 heterocycles. The molecule has 0 fully saturated rings. The molecule has 0 aliphatic heterocycles. The first-order valence-corrected chi connectivity index (χ1v) is 5.28. The maximum atomic E-state index is 11.8. The molecule has 19 heavy (non-hydrogen) atoms. The smallest absolute Gasteiger partial charge is 0.366 e. The minimum absolute atomic E-state index is 0.168. The molecule has 1 aromatic heterocycles. The van der Waals surface area contributed by atoms with Gasteiger partial charge < -0.3 is 11.1 Å². The molecule has 0 radical (unpaired) electrons. The van der Waals surface area contributed by atoms with Crippen molar-refractivity contribution in [1.82, 2.24) is 5.27 Å². The summed E-state index contributed by atoms with van der Waals surface area (Å²) >= 11 is 0. The van der Waals surface area contributed by atoms with Crippen LogP contribution in [0.15, 0.2) is 33.6 Å². The summed E-state index contributed by atoms with van der Waals surface area (Å²) in [6.07, 6.45) is 0. The number of carbonyl (C=O) groups excluding carboxylic acids is 2. The van der Waals surface area contributed by atoms with Gasteiger partial charge in [-0.3, -0.25) is 14.1 Å². The van der Waals surface area contributed by atoms with Crippen LogP contribution in [0.4, 0.5) is 5.69 Å². The average molecular weight is 263 g/mol. The molecule has 98 valence electrons. The fraction of sp³-hybridized carbons (Fsp3) is 0.0909. The van der Waals surface area contributed by atoms with E-state index >= 15 is 0 Å². The van der Waals surface area contributed by atoms with Crippen LogP contribution >= 0.6 is 0 Å². The lowest BCUT2D eigenvalue weighted by Gasteiger charge is -2.01. The molecule has 0 saturated heterocycles. The number of hydrogen-bond acceptors (Lipinski definition) is 4. The zero-order valence-electron chi connectivity index (χ0n) is 9.97. The number of amides is 2. The Hall–Kier alpha value is -2.90. The van der Waals surface area contributed by atoms with Gasteiger partial charge in [0.05, 0.1) is 0 Å². The number of benzene rings is 1. The molecule has 0 bridgehead atoms. The number of aromatic nitrogens is 2. The van der Waals surface area contributed by atoms with Gasteiger partial charge in [0, 0.05) is 11.3 Å².